The summed E-state index contributed by atoms with van der Waals surface area (Å²) in [5.41, 5.74) is 0. The minimum Gasteiger partial charge on any atom is -0.0625 e. The predicted octanol–water partition coefficient (Wildman–Crippen LogP) is 2.69. The van der Waals surface area contributed by atoms with E-state index >= 15 is 0 Å². The van der Waals surface area contributed by atoms with Gasteiger partial charge in [-0.2, -0.15) is 0 Å². The summed E-state index contributed by atoms with van der Waals surface area (Å²) >= 11 is 0. The second-order valence-electron chi connectivity index (χ2n) is 4.21. The van der Waals surface area contributed by atoms with Crippen LogP contribution in [0.1, 0.15) is 33.1 Å². The fourth-order valence-corrected chi connectivity index (χ4v) is 2.66. The molecule has 0 aromatic carbocycles. The van der Waals surface area contributed by atoms with E-state index in [1.165, 1.54) is 12.8 Å². The zero-order valence-electron chi connectivity index (χ0n) is 6.43. The van der Waals surface area contributed by atoms with Gasteiger partial charge in [-0.1, -0.05) is 13.8 Å². The zero-order valence-corrected chi connectivity index (χ0v) is 6.43. The second-order valence-corrected chi connectivity index (χ2v) is 4.21. The molecule has 2 saturated carbocycles. The summed E-state index contributed by atoms with van der Waals surface area (Å²) in [4.78, 5) is 0. The molecular weight excluding hydrogens is 108 g/mol. The minimum atomic E-state index is 1.03. The van der Waals surface area contributed by atoms with E-state index in [9.17, 15) is 0 Å². The molecule has 0 radical (unpaired) electrons. The Balaban J connectivity index is 1.99. The maximum atomic E-state index is 2.43. The average molecular weight is 124 g/mol. The summed E-state index contributed by atoms with van der Waals surface area (Å²) in [5, 5.41) is 0. The Morgan fingerprint density at radius 1 is 1.00 bits per heavy atom. The third kappa shape index (κ3) is 0.889. The van der Waals surface area contributed by atoms with Crippen LogP contribution in [-0.4, -0.2) is 0 Å². The lowest BCUT2D eigenvalue weighted by Gasteiger charge is -2.22. The maximum Gasteiger partial charge on any atom is -0.0357 e. The van der Waals surface area contributed by atoms with Crippen LogP contribution < -0.4 is 0 Å². The van der Waals surface area contributed by atoms with Crippen LogP contribution in [0.4, 0.5) is 0 Å². The van der Waals surface area contributed by atoms with Crippen molar-refractivity contribution in [3.05, 3.63) is 0 Å². The van der Waals surface area contributed by atoms with E-state index in [4.69, 9.17) is 0 Å². The topological polar surface area (TPSA) is 0 Å². The molecule has 9 heavy (non-hydrogen) atoms. The molecule has 0 saturated heterocycles. The van der Waals surface area contributed by atoms with E-state index in [0.717, 1.165) is 23.7 Å². The predicted molar refractivity (Wildman–Crippen MR) is 39.2 cm³/mol. The highest BCUT2D eigenvalue weighted by atomic mass is 14.5. The Morgan fingerprint density at radius 2 is 1.78 bits per heavy atom. The largest absolute Gasteiger partial charge is 0.0625 e. The van der Waals surface area contributed by atoms with Crippen molar-refractivity contribution in [2.75, 3.05) is 0 Å². The summed E-state index contributed by atoms with van der Waals surface area (Å²) in [7, 11) is 0. The van der Waals surface area contributed by atoms with Gasteiger partial charge >= 0.3 is 0 Å². The van der Waals surface area contributed by atoms with Gasteiger partial charge in [0.25, 0.3) is 0 Å². The fourth-order valence-electron chi connectivity index (χ4n) is 2.66. The summed E-state index contributed by atoms with van der Waals surface area (Å²) in [6.45, 7) is 4.84. The third-order valence-corrected chi connectivity index (χ3v) is 3.19. The highest BCUT2D eigenvalue weighted by molar-refractivity contribution is 4.94. The quantitative estimate of drug-likeness (QED) is 0.465. The van der Waals surface area contributed by atoms with Gasteiger partial charge < -0.3 is 0 Å². The van der Waals surface area contributed by atoms with E-state index in [1.54, 1.807) is 6.42 Å². The molecule has 2 aliphatic rings. The van der Waals surface area contributed by atoms with E-state index in [2.05, 4.69) is 13.8 Å². The molecule has 2 fully saturated rings. The van der Waals surface area contributed by atoms with Crippen molar-refractivity contribution < 1.29 is 0 Å². The van der Waals surface area contributed by atoms with Gasteiger partial charge in [0, 0.05) is 0 Å². The summed E-state index contributed by atoms with van der Waals surface area (Å²) < 4.78 is 0. The van der Waals surface area contributed by atoms with Gasteiger partial charge in [-0.05, 0) is 42.9 Å². The van der Waals surface area contributed by atoms with Crippen molar-refractivity contribution in [2.45, 2.75) is 33.1 Å². The Kier molecular flexibility index (Phi) is 1.12. The standard InChI is InChI=1S/C9H16/c1-6-3-7(2)9-5-8(9)4-6/h6-9H,3-5H2,1-2H3/t6-,7?,8?,9?/m1/s1. The van der Waals surface area contributed by atoms with E-state index < -0.39 is 0 Å². The number of hydrogen-bond acceptors (Lipinski definition) is 0. The molecular formula is C9H16. The summed E-state index contributed by atoms with van der Waals surface area (Å²) in [5.74, 6) is 4.40. The molecule has 2 aliphatic carbocycles. The lowest BCUT2D eigenvalue weighted by atomic mass is 9.84. The van der Waals surface area contributed by atoms with Crippen LogP contribution in [0, 0.1) is 23.7 Å². The lowest BCUT2D eigenvalue weighted by molar-refractivity contribution is 0.284. The number of hydrogen-bond donors (Lipinski definition) is 0. The summed E-state index contributed by atoms with van der Waals surface area (Å²) in [6, 6.07) is 0. The van der Waals surface area contributed by atoms with Gasteiger partial charge in [-0.3, -0.25) is 0 Å². The van der Waals surface area contributed by atoms with Crippen molar-refractivity contribution >= 4 is 0 Å². The van der Waals surface area contributed by atoms with Gasteiger partial charge in [-0.25, -0.2) is 0 Å². The van der Waals surface area contributed by atoms with Crippen molar-refractivity contribution in [3.8, 4) is 0 Å². The van der Waals surface area contributed by atoms with E-state index in [-0.39, 0.29) is 0 Å². The highest BCUT2D eigenvalue weighted by Crippen LogP contribution is 2.54. The number of rotatable bonds is 0. The first-order chi connectivity index (χ1) is 4.27. The zero-order chi connectivity index (χ0) is 6.43. The molecule has 4 atom stereocenters. The second kappa shape index (κ2) is 1.74. The van der Waals surface area contributed by atoms with Gasteiger partial charge in [0.15, 0.2) is 0 Å². The molecule has 0 bridgehead atoms. The van der Waals surface area contributed by atoms with Crippen LogP contribution in [0.5, 0.6) is 0 Å². The van der Waals surface area contributed by atoms with Crippen LogP contribution in [0.3, 0.4) is 0 Å². The maximum absolute atomic E-state index is 2.43. The first-order valence-electron chi connectivity index (χ1n) is 4.27. The molecule has 0 heterocycles. The van der Waals surface area contributed by atoms with Crippen LogP contribution in [0.15, 0.2) is 0 Å². The highest BCUT2D eigenvalue weighted by Gasteiger charge is 2.44. The van der Waals surface area contributed by atoms with Crippen LogP contribution in [-0.2, 0) is 0 Å². The molecule has 0 spiro atoms. The third-order valence-electron chi connectivity index (χ3n) is 3.19. The number of fused-ring (bicyclic) bond motifs is 1. The fraction of sp³-hybridized carbons (Fsp3) is 1.00. The van der Waals surface area contributed by atoms with Crippen molar-refractivity contribution in [3.63, 3.8) is 0 Å². The first kappa shape index (κ1) is 5.76. The van der Waals surface area contributed by atoms with Gasteiger partial charge in [0.05, 0.1) is 0 Å². The summed E-state index contributed by atoms with van der Waals surface area (Å²) in [6.07, 6.45) is 4.60. The normalized spacial score (nSPS) is 56.7. The van der Waals surface area contributed by atoms with Crippen LogP contribution in [0.25, 0.3) is 0 Å². The van der Waals surface area contributed by atoms with E-state index in [1.807, 2.05) is 0 Å². The molecule has 52 valence electrons. The van der Waals surface area contributed by atoms with Crippen molar-refractivity contribution in [1.82, 2.24) is 0 Å². The van der Waals surface area contributed by atoms with Crippen molar-refractivity contribution in [1.29, 1.82) is 0 Å². The van der Waals surface area contributed by atoms with Crippen LogP contribution >= 0.6 is 0 Å². The van der Waals surface area contributed by atoms with E-state index in [0.29, 0.717) is 0 Å². The van der Waals surface area contributed by atoms with Crippen molar-refractivity contribution in [2.24, 2.45) is 23.7 Å². The molecule has 0 amide bonds. The minimum absolute atomic E-state index is 1.03. The molecule has 0 aromatic heterocycles. The lowest BCUT2D eigenvalue weighted by Crippen LogP contribution is -2.12. The first-order valence-corrected chi connectivity index (χ1v) is 4.27. The molecule has 0 N–H and O–H groups in total. The Bertz CT molecular complexity index is 117. The Morgan fingerprint density at radius 3 is 2.44 bits per heavy atom. The van der Waals surface area contributed by atoms with Gasteiger partial charge in [0.2, 0.25) is 0 Å². The Labute approximate surface area is 57.6 Å². The smallest absolute Gasteiger partial charge is 0.0357 e. The molecule has 0 aromatic rings. The molecule has 2 rings (SSSR count). The Hall–Kier alpha value is 0. The molecule has 0 nitrogen and oxygen atoms in total. The van der Waals surface area contributed by atoms with Gasteiger partial charge in [0.1, 0.15) is 0 Å². The average Bonchev–Trinajstić information content (AvgIpc) is 2.43. The van der Waals surface area contributed by atoms with Crippen LogP contribution in [0.2, 0.25) is 0 Å². The molecule has 0 aliphatic heterocycles. The monoisotopic (exact) mass is 124 g/mol. The van der Waals surface area contributed by atoms with Gasteiger partial charge in [-0.15, -0.1) is 0 Å². The SMILES string of the molecule is CC1C[C@@H](C)CC2CC12. The molecule has 0 heteroatoms. The molecule has 3 unspecified atom stereocenters.